The van der Waals surface area contributed by atoms with E-state index in [9.17, 15) is 0 Å². The first-order chi connectivity index (χ1) is 12.2. The molecule has 3 aromatic heterocycles. The fraction of sp³-hybridized carbons (Fsp3) is 0.158. The summed E-state index contributed by atoms with van der Waals surface area (Å²) in [5.74, 6) is 0.887. The third kappa shape index (κ3) is 2.94. The summed E-state index contributed by atoms with van der Waals surface area (Å²) in [4.78, 5) is 13.1. The van der Waals surface area contributed by atoms with Gasteiger partial charge >= 0.3 is 0 Å². The zero-order valence-electron chi connectivity index (χ0n) is 14.1. The van der Waals surface area contributed by atoms with Crippen LogP contribution >= 0.6 is 0 Å². The van der Waals surface area contributed by atoms with Gasteiger partial charge in [0.05, 0.1) is 24.1 Å². The summed E-state index contributed by atoms with van der Waals surface area (Å²) in [7, 11) is 0. The first-order valence-electron chi connectivity index (χ1n) is 8.13. The summed E-state index contributed by atoms with van der Waals surface area (Å²) in [5.41, 5.74) is 5.79. The van der Waals surface area contributed by atoms with Crippen LogP contribution in [0.2, 0.25) is 0 Å². The van der Waals surface area contributed by atoms with Crippen LogP contribution in [0.5, 0.6) is 0 Å². The van der Waals surface area contributed by atoms with Crippen LogP contribution in [0, 0.1) is 13.8 Å². The van der Waals surface area contributed by atoms with Crippen molar-refractivity contribution < 1.29 is 0 Å². The van der Waals surface area contributed by atoms with Crippen molar-refractivity contribution in [2.45, 2.75) is 20.4 Å². The van der Waals surface area contributed by atoms with Crippen molar-refractivity contribution >= 4 is 11.5 Å². The molecule has 0 atom stereocenters. The molecule has 0 unspecified atom stereocenters. The van der Waals surface area contributed by atoms with E-state index in [2.05, 4.69) is 27.4 Å². The van der Waals surface area contributed by atoms with Gasteiger partial charge in [-0.05, 0) is 19.4 Å². The van der Waals surface area contributed by atoms with Crippen LogP contribution < -0.4 is 5.32 Å². The average molecular weight is 330 g/mol. The van der Waals surface area contributed by atoms with Crippen LogP contribution in [-0.4, -0.2) is 24.6 Å². The molecule has 0 aliphatic heterocycles. The highest BCUT2D eigenvalue weighted by molar-refractivity contribution is 5.80. The van der Waals surface area contributed by atoms with Crippen molar-refractivity contribution in [1.82, 2.24) is 24.6 Å². The highest BCUT2D eigenvalue weighted by atomic mass is 15.3. The summed E-state index contributed by atoms with van der Waals surface area (Å²) in [6.07, 6.45) is 5.11. The predicted molar refractivity (Wildman–Crippen MR) is 97.3 cm³/mol. The molecule has 0 aliphatic rings. The molecule has 0 radical (unpaired) electrons. The van der Waals surface area contributed by atoms with E-state index in [1.807, 2.05) is 42.6 Å². The third-order valence-electron chi connectivity index (χ3n) is 4.02. The van der Waals surface area contributed by atoms with Crippen LogP contribution in [0.4, 0.5) is 5.82 Å². The molecule has 0 amide bonds. The van der Waals surface area contributed by atoms with Gasteiger partial charge in [-0.3, -0.25) is 9.97 Å². The Hall–Kier alpha value is -3.28. The Kier molecular flexibility index (Phi) is 3.85. The highest BCUT2D eigenvalue weighted by Gasteiger charge is 2.15. The number of hydrogen-bond donors (Lipinski definition) is 1. The Morgan fingerprint density at radius 1 is 1.08 bits per heavy atom. The Morgan fingerprint density at radius 3 is 2.68 bits per heavy atom. The van der Waals surface area contributed by atoms with Gasteiger partial charge in [0.25, 0.3) is 0 Å². The SMILES string of the molecule is Cc1cc(NCc2cnccn2)n2nc(C)c(-c3ccccc3)c2n1. The number of anilines is 1. The summed E-state index contributed by atoms with van der Waals surface area (Å²) in [5, 5.41) is 8.09. The second-order valence-corrected chi connectivity index (χ2v) is 5.89. The predicted octanol–water partition coefficient (Wildman–Crippen LogP) is 3.42. The minimum atomic E-state index is 0.575. The molecule has 0 saturated carbocycles. The maximum absolute atomic E-state index is 4.72. The van der Waals surface area contributed by atoms with Crippen LogP contribution in [-0.2, 0) is 6.54 Å². The minimum absolute atomic E-state index is 0.575. The van der Waals surface area contributed by atoms with Crippen molar-refractivity contribution in [2.24, 2.45) is 0 Å². The second kappa shape index (κ2) is 6.32. The molecule has 1 N–H and O–H groups in total. The first kappa shape index (κ1) is 15.3. The molecule has 3 heterocycles. The lowest BCUT2D eigenvalue weighted by Gasteiger charge is -2.09. The van der Waals surface area contributed by atoms with Crippen LogP contribution in [0.15, 0.2) is 55.0 Å². The van der Waals surface area contributed by atoms with Crippen molar-refractivity contribution in [3.63, 3.8) is 0 Å². The molecule has 4 rings (SSSR count). The minimum Gasteiger partial charge on any atom is -0.364 e. The molecule has 0 bridgehead atoms. The van der Waals surface area contributed by atoms with Crippen LogP contribution in [0.25, 0.3) is 16.8 Å². The van der Waals surface area contributed by atoms with Crippen molar-refractivity contribution in [1.29, 1.82) is 0 Å². The standard InChI is InChI=1S/C19H18N6/c1-13-10-17(22-12-16-11-20-8-9-21-16)25-19(23-13)18(14(2)24-25)15-6-4-3-5-7-15/h3-11,22H,12H2,1-2H3. The molecule has 6 heteroatoms. The molecule has 6 nitrogen and oxygen atoms in total. The first-order valence-corrected chi connectivity index (χ1v) is 8.13. The Morgan fingerprint density at radius 2 is 1.92 bits per heavy atom. The highest BCUT2D eigenvalue weighted by Crippen LogP contribution is 2.29. The molecule has 0 fully saturated rings. The summed E-state index contributed by atoms with van der Waals surface area (Å²) >= 11 is 0. The van der Waals surface area contributed by atoms with E-state index in [-0.39, 0.29) is 0 Å². The van der Waals surface area contributed by atoms with Crippen molar-refractivity contribution in [3.8, 4) is 11.1 Å². The zero-order chi connectivity index (χ0) is 17.2. The molecule has 0 spiro atoms. The van der Waals surface area contributed by atoms with E-state index in [1.165, 1.54) is 0 Å². The van der Waals surface area contributed by atoms with Crippen molar-refractivity contribution in [3.05, 3.63) is 72.1 Å². The maximum atomic E-state index is 4.72. The zero-order valence-corrected chi connectivity index (χ0v) is 14.1. The Balaban J connectivity index is 1.78. The largest absolute Gasteiger partial charge is 0.364 e. The molecule has 0 aliphatic carbocycles. The lowest BCUT2D eigenvalue weighted by Crippen LogP contribution is -2.08. The Labute approximate surface area is 145 Å². The monoisotopic (exact) mass is 330 g/mol. The summed E-state index contributed by atoms with van der Waals surface area (Å²) in [6, 6.07) is 12.2. The molecule has 4 aromatic rings. The van der Waals surface area contributed by atoms with Gasteiger partial charge in [-0.2, -0.15) is 9.61 Å². The number of benzene rings is 1. The molecule has 1 aromatic carbocycles. The normalized spacial score (nSPS) is 11.0. The number of fused-ring (bicyclic) bond motifs is 1. The van der Waals surface area contributed by atoms with Gasteiger partial charge in [0.15, 0.2) is 5.65 Å². The molecule has 124 valence electrons. The second-order valence-electron chi connectivity index (χ2n) is 5.89. The fourth-order valence-corrected chi connectivity index (χ4v) is 2.92. The number of aryl methyl sites for hydroxylation is 2. The van der Waals surface area contributed by atoms with E-state index in [0.29, 0.717) is 6.54 Å². The van der Waals surface area contributed by atoms with Gasteiger partial charge in [-0.1, -0.05) is 30.3 Å². The van der Waals surface area contributed by atoms with Gasteiger partial charge in [-0.15, -0.1) is 0 Å². The number of hydrogen-bond acceptors (Lipinski definition) is 5. The van der Waals surface area contributed by atoms with E-state index in [0.717, 1.165) is 39.7 Å². The number of rotatable bonds is 4. The molecular weight excluding hydrogens is 312 g/mol. The number of aromatic nitrogens is 5. The molecule has 0 saturated heterocycles. The van der Waals surface area contributed by atoms with Gasteiger partial charge in [0, 0.05) is 29.7 Å². The molecule has 25 heavy (non-hydrogen) atoms. The lowest BCUT2D eigenvalue weighted by molar-refractivity contribution is 0.891. The molecular formula is C19H18N6. The quantitative estimate of drug-likeness (QED) is 0.621. The average Bonchev–Trinajstić information content (AvgIpc) is 2.97. The summed E-state index contributed by atoms with van der Waals surface area (Å²) < 4.78 is 1.86. The maximum Gasteiger partial charge on any atom is 0.165 e. The Bertz CT molecular complexity index is 1010. The van der Waals surface area contributed by atoms with E-state index in [4.69, 9.17) is 10.1 Å². The fourth-order valence-electron chi connectivity index (χ4n) is 2.92. The van der Waals surface area contributed by atoms with Crippen LogP contribution in [0.1, 0.15) is 17.1 Å². The number of nitrogens with one attached hydrogen (secondary N) is 1. The van der Waals surface area contributed by atoms with Gasteiger partial charge < -0.3 is 5.32 Å². The van der Waals surface area contributed by atoms with Gasteiger partial charge in [0.2, 0.25) is 0 Å². The number of nitrogens with zero attached hydrogens (tertiary/aromatic N) is 5. The topological polar surface area (TPSA) is 68.0 Å². The van der Waals surface area contributed by atoms with E-state index in [1.54, 1.807) is 18.6 Å². The van der Waals surface area contributed by atoms with Gasteiger partial charge in [-0.25, -0.2) is 4.98 Å². The lowest BCUT2D eigenvalue weighted by atomic mass is 10.1. The van der Waals surface area contributed by atoms with E-state index < -0.39 is 0 Å². The summed E-state index contributed by atoms with van der Waals surface area (Å²) in [6.45, 7) is 4.58. The van der Waals surface area contributed by atoms with Crippen molar-refractivity contribution in [2.75, 3.05) is 5.32 Å². The van der Waals surface area contributed by atoms with Gasteiger partial charge in [0.1, 0.15) is 5.82 Å². The van der Waals surface area contributed by atoms with E-state index >= 15 is 0 Å². The smallest absolute Gasteiger partial charge is 0.165 e. The third-order valence-corrected chi connectivity index (χ3v) is 4.02. The van der Waals surface area contributed by atoms with Crippen LogP contribution in [0.3, 0.4) is 0 Å².